The largest absolute Gasteiger partial charge is 0.369 e. The zero-order valence-electron chi connectivity index (χ0n) is 19.3. The van der Waals surface area contributed by atoms with Crippen molar-refractivity contribution in [3.8, 4) is 0 Å². The lowest BCUT2D eigenvalue weighted by Crippen LogP contribution is -2.48. The molecular weight excluding hydrogens is 402 g/mol. The fourth-order valence-corrected chi connectivity index (χ4v) is 5.44. The highest BCUT2D eigenvalue weighted by Crippen LogP contribution is 2.38. The summed E-state index contributed by atoms with van der Waals surface area (Å²) in [6.45, 7) is 5.79. The fraction of sp³-hybridized carbons (Fsp3) is 0.560. The second-order valence-electron chi connectivity index (χ2n) is 9.62. The Balaban J connectivity index is 1.48. The molecule has 0 aliphatic carbocycles. The molecule has 32 heavy (non-hydrogen) atoms. The Morgan fingerprint density at radius 3 is 2.59 bits per heavy atom. The number of carbonyl (C=O) groups is 2. The molecule has 2 amide bonds. The Kier molecular flexibility index (Phi) is 6.65. The van der Waals surface area contributed by atoms with Crippen LogP contribution < -0.4 is 5.73 Å². The number of hydrogen-bond acceptors (Lipinski definition) is 4. The number of nitrogens with zero attached hydrogens (tertiary/aromatic N) is 4. The Hall–Kier alpha value is -2.67. The molecule has 0 radical (unpaired) electrons. The minimum absolute atomic E-state index is 0.141. The summed E-state index contributed by atoms with van der Waals surface area (Å²) >= 11 is 0. The molecule has 7 heteroatoms. The smallest absolute Gasteiger partial charge is 0.224 e. The fourth-order valence-electron chi connectivity index (χ4n) is 5.44. The summed E-state index contributed by atoms with van der Waals surface area (Å²) in [4.78, 5) is 29.0. The van der Waals surface area contributed by atoms with Crippen LogP contribution in [-0.4, -0.2) is 57.6 Å². The van der Waals surface area contributed by atoms with Gasteiger partial charge in [-0.1, -0.05) is 24.3 Å². The van der Waals surface area contributed by atoms with Gasteiger partial charge in [-0.2, -0.15) is 5.10 Å². The number of primary amides is 1. The summed E-state index contributed by atoms with van der Waals surface area (Å²) in [6, 6.07) is 8.44. The first kappa shape index (κ1) is 22.5. The molecule has 172 valence electrons. The maximum Gasteiger partial charge on any atom is 0.224 e. The van der Waals surface area contributed by atoms with Crippen LogP contribution in [0.2, 0.25) is 0 Å². The van der Waals surface area contributed by atoms with Crippen LogP contribution in [0.5, 0.6) is 0 Å². The van der Waals surface area contributed by atoms with E-state index in [0.717, 1.165) is 58.4 Å². The summed E-state index contributed by atoms with van der Waals surface area (Å²) < 4.78 is 1.82. The molecule has 3 heterocycles. The number of aryl methyl sites for hydroxylation is 1. The lowest BCUT2D eigenvalue weighted by atomic mass is 9.71. The number of hydrogen-bond donors (Lipinski definition) is 1. The molecule has 0 spiro atoms. The third kappa shape index (κ3) is 4.88. The van der Waals surface area contributed by atoms with E-state index in [1.807, 2.05) is 29.0 Å². The Morgan fingerprint density at radius 1 is 1.19 bits per heavy atom. The monoisotopic (exact) mass is 437 g/mol. The average Bonchev–Trinajstić information content (AvgIpc) is 3.20. The van der Waals surface area contributed by atoms with Crippen molar-refractivity contribution < 1.29 is 9.59 Å². The van der Waals surface area contributed by atoms with Gasteiger partial charge in [0, 0.05) is 51.3 Å². The molecule has 2 aromatic rings. The summed E-state index contributed by atoms with van der Waals surface area (Å²) in [5, 5.41) is 4.26. The van der Waals surface area contributed by atoms with E-state index in [-0.39, 0.29) is 11.8 Å². The highest BCUT2D eigenvalue weighted by atomic mass is 16.2. The summed E-state index contributed by atoms with van der Waals surface area (Å²) in [7, 11) is 1.93. The molecule has 4 rings (SSSR count). The molecule has 1 aromatic heterocycles. The van der Waals surface area contributed by atoms with E-state index in [0.29, 0.717) is 12.3 Å². The molecule has 2 aliphatic rings. The lowest BCUT2D eigenvalue weighted by molar-refractivity contribution is -0.130. The van der Waals surface area contributed by atoms with Crippen molar-refractivity contribution in [1.29, 1.82) is 0 Å². The van der Waals surface area contributed by atoms with Crippen molar-refractivity contribution >= 4 is 11.8 Å². The molecule has 2 N–H and O–H groups in total. The quantitative estimate of drug-likeness (QED) is 0.752. The van der Waals surface area contributed by atoms with Gasteiger partial charge in [-0.3, -0.25) is 19.2 Å². The van der Waals surface area contributed by atoms with E-state index in [9.17, 15) is 9.59 Å². The molecule has 2 aliphatic heterocycles. The highest BCUT2D eigenvalue weighted by Gasteiger charge is 2.40. The van der Waals surface area contributed by atoms with Crippen LogP contribution >= 0.6 is 0 Å². The number of likely N-dealkylation sites (tertiary alicyclic amines) is 2. The average molecular weight is 438 g/mol. The number of carbonyl (C=O) groups excluding carboxylic acids is 2. The van der Waals surface area contributed by atoms with Crippen molar-refractivity contribution in [1.82, 2.24) is 19.6 Å². The summed E-state index contributed by atoms with van der Waals surface area (Å²) in [6.07, 6.45) is 8.24. The lowest BCUT2D eigenvalue weighted by Gasteiger charge is -2.40. The van der Waals surface area contributed by atoms with Crippen molar-refractivity contribution in [2.75, 3.05) is 26.2 Å². The number of amides is 2. The Morgan fingerprint density at radius 2 is 1.94 bits per heavy atom. The number of benzene rings is 1. The second kappa shape index (κ2) is 9.45. The van der Waals surface area contributed by atoms with E-state index in [4.69, 9.17) is 5.73 Å². The second-order valence-corrected chi connectivity index (χ2v) is 9.62. The molecule has 0 saturated carbocycles. The zero-order valence-corrected chi connectivity index (χ0v) is 19.3. The van der Waals surface area contributed by atoms with Gasteiger partial charge >= 0.3 is 0 Å². The van der Waals surface area contributed by atoms with Gasteiger partial charge in [-0.05, 0) is 56.3 Å². The zero-order chi connectivity index (χ0) is 22.7. The van der Waals surface area contributed by atoms with E-state index in [2.05, 4.69) is 34.3 Å². The molecule has 0 bridgehead atoms. The molecule has 2 saturated heterocycles. The van der Waals surface area contributed by atoms with Gasteiger partial charge in [-0.25, -0.2) is 0 Å². The van der Waals surface area contributed by atoms with Crippen molar-refractivity contribution in [2.24, 2.45) is 18.2 Å². The summed E-state index contributed by atoms with van der Waals surface area (Å²) in [5.41, 5.74) is 9.18. The normalized spacial score (nSPS) is 21.4. The minimum Gasteiger partial charge on any atom is -0.369 e. The minimum atomic E-state index is -0.517. The van der Waals surface area contributed by atoms with E-state index < -0.39 is 5.41 Å². The topological polar surface area (TPSA) is 84.5 Å². The maximum absolute atomic E-state index is 12.7. The van der Waals surface area contributed by atoms with Crippen LogP contribution in [0.15, 0.2) is 36.7 Å². The first-order chi connectivity index (χ1) is 15.4. The third-order valence-corrected chi connectivity index (χ3v) is 7.39. The van der Waals surface area contributed by atoms with Gasteiger partial charge in [0.1, 0.15) is 0 Å². The predicted octanol–water partition coefficient (Wildman–Crippen LogP) is 2.46. The number of piperidine rings is 2. The van der Waals surface area contributed by atoms with Gasteiger partial charge < -0.3 is 10.6 Å². The van der Waals surface area contributed by atoms with Crippen LogP contribution in [0, 0.1) is 5.41 Å². The standard InChI is InChI=1S/C25H35N5O2/c1-19(31)30-11-5-7-22(18-30)23-8-4-3-6-21(23)14-25(24(26)32)9-12-29(13-10-25)17-20-15-27-28(2)16-20/h3-4,6,8,15-16,22H,5,7,9-14,17-18H2,1-2H3,(H2,26,32)/t22-/m0/s1. The van der Waals surface area contributed by atoms with Crippen LogP contribution in [0.3, 0.4) is 0 Å². The van der Waals surface area contributed by atoms with Crippen LogP contribution in [0.1, 0.15) is 55.2 Å². The number of rotatable bonds is 6. The first-order valence-electron chi connectivity index (χ1n) is 11.7. The molecular formula is C25H35N5O2. The molecule has 2 fully saturated rings. The third-order valence-electron chi connectivity index (χ3n) is 7.39. The van der Waals surface area contributed by atoms with Crippen molar-refractivity contribution in [3.05, 3.63) is 53.3 Å². The van der Waals surface area contributed by atoms with Gasteiger partial charge in [0.2, 0.25) is 11.8 Å². The molecule has 7 nitrogen and oxygen atoms in total. The SMILES string of the molecule is CC(=O)N1CCC[C@H](c2ccccc2CC2(C(N)=O)CCN(Cc3cnn(C)c3)CC2)C1. The van der Waals surface area contributed by atoms with E-state index in [1.54, 1.807) is 6.92 Å². The van der Waals surface area contributed by atoms with E-state index in [1.165, 1.54) is 16.7 Å². The number of aromatic nitrogens is 2. The predicted molar refractivity (Wildman–Crippen MR) is 124 cm³/mol. The van der Waals surface area contributed by atoms with Gasteiger partial charge in [0.15, 0.2) is 0 Å². The van der Waals surface area contributed by atoms with Crippen molar-refractivity contribution in [2.45, 2.75) is 51.5 Å². The van der Waals surface area contributed by atoms with E-state index >= 15 is 0 Å². The van der Waals surface area contributed by atoms with Crippen LogP contribution in [0.4, 0.5) is 0 Å². The summed E-state index contributed by atoms with van der Waals surface area (Å²) in [5.74, 6) is 0.267. The van der Waals surface area contributed by atoms with Gasteiger partial charge in [0.25, 0.3) is 0 Å². The van der Waals surface area contributed by atoms with Crippen molar-refractivity contribution in [3.63, 3.8) is 0 Å². The first-order valence-corrected chi connectivity index (χ1v) is 11.7. The Labute approximate surface area is 190 Å². The van der Waals surface area contributed by atoms with Gasteiger partial charge in [0.05, 0.1) is 11.6 Å². The molecule has 0 unspecified atom stereocenters. The maximum atomic E-state index is 12.7. The molecule has 1 atom stereocenters. The van der Waals surface area contributed by atoms with Crippen LogP contribution in [0.25, 0.3) is 0 Å². The number of nitrogens with two attached hydrogens (primary N) is 1. The van der Waals surface area contributed by atoms with Crippen LogP contribution in [-0.2, 0) is 29.6 Å². The molecule has 1 aromatic carbocycles. The Bertz CT molecular complexity index is 961. The highest BCUT2D eigenvalue weighted by molar-refractivity contribution is 5.81. The van der Waals surface area contributed by atoms with Gasteiger partial charge in [-0.15, -0.1) is 0 Å².